The third-order valence-corrected chi connectivity index (χ3v) is 25.2. The summed E-state index contributed by atoms with van der Waals surface area (Å²) >= 11 is 0. The van der Waals surface area contributed by atoms with Gasteiger partial charge >= 0.3 is 24.0 Å². The first-order valence-electron chi connectivity index (χ1n) is 43.5. The fourth-order valence-corrected chi connectivity index (χ4v) is 18.8. The summed E-state index contributed by atoms with van der Waals surface area (Å²) in [7, 11) is 0. The van der Waals surface area contributed by atoms with Gasteiger partial charge in [-0.2, -0.15) is 0 Å². The molecule has 30 heteroatoms. The van der Waals surface area contributed by atoms with Crippen LogP contribution in [-0.2, 0) is 62.1 Å². The minimum Gasteiger partial charge on any atom is -0.508 e. The number of hydrogen-bond donors (Lipinski definition) is 11. The van der Waals surface area contributed by atoms with Crippen LogP contribution in [-0.4, -0.2) is 180 Å². The summed E-state index contributed by atoms with van der Waals surface area (Å²) in [6.07, 6.45) is 14.2. The monoisotopic (exact) mass is 1680 g/mol. The molecule has 6 unspecified atom stereocenters. The first-order valence-corrected chi connectivity index (χ1v) is 43.5. The largest absolute Gasteiger partial charge is 0.508 e. The predicted octanol–water partition coefficient (Wildman–Crippen LogP) is 11.7. The van der Waals surface area contributed by atoms with E-state index in [0.717, 1.165) is 42.9 Å². The number of benzene rings is 3. The highest BCUT2D eigenvalue weighted by Crippen LogP contribution is 2.67. The number of phenolic OH excluding ortho intramolecular Hbond substituents is 1. The number of ether oxygens (including phenoxy) is 4. The van der Waals surface area contributed by atoms with Crippen LogP contribution < -0.4 is 43.0 Å². The zero-order chi connectivity index (χ0) is 87.3. The van der Waals surface area contributed by atoms with Crippen molar-refractivity contribution >= 4 is 81.7 Å². The van der Waals surface area contributed by atoms with E-state index < -0.39 is 90.6 Å². The molecule has 5 amide bonds. The summed E-state index contributed by atoms with van der Waals surface area (Å²) in [6, 6.07) is 10.2. The normalized spacial score (nSPS) is 20.8. The van der Waals surface area contributed by atoms with E-state index in [4.69, 9.17) is 23.4 Å². The number of nitrogens with zero attached hydrogens (tertiary/aromatic N) is 1. The number of aromatic hydroxyl groups is 1. The molecule has 2 heterocycles. The number of aliphatic carboxylic acids is 2. The number of nitrogens with one attached hydrogen (secondary N) is 7. The molecule has 121 heavy (non-hydrogen) atoms. The van der Waals surface area contributed by atoms with Crippen LogP contribution in [0.2, 0.25) is 0 Å². The number of rotatable bonds is 53. The Hall–Kier alpha value is -9.91. The maximum Gasteiger partial charge on any atom is 0.407 e. The highest BCUT2D eigenvalue weighted by molar-refractivity contribution is 6.09. The Labute approximate surface area is 707 Å². The van der Waals surface area contributed by atoms with E-state index in [1.807, 2.05) is 0 Å². The fraction of sp³-hybridized carbons (Fsp3) is 0.615. The molecule has 0 bridgehead atoms. The number of unbranched alkanes of at least 4 members (excludes halogenated alkanes) is 2. The molecule has 9 rings (SSSR count). The Morgan fingerprint density at radius 2 is 1.36 bits per heavy atom. The van der Waals surface area contributed by atoms with E-state index >= 15 is 0 Å². The highest BCUT2D eigenvalue weighted by Gasteiger charge is 2.59. The van der Waals surface area contributed by atoms with Gasteiger partial charge in [-0.1, -0.05) is 84.1 Å². The van der Waals surface area contributed by atoms with Crippen LogP contribution in [0.5, 0.6) is 5.75 Å². The summed E-state index contributed by atoms with van der Waals surface area (Å²) < 4.78 is 28.4. The molecular weight excluding hydrogens is 1560 g/mol. The Balaban J connectivity index is 0.710. The maximum absolute atomic E-state index is 14.4. The van der Waals surface area contributed by atoms with Crippen LogP contribution >= 0.6 is 0 Å². The molecule has 2 aromatic rings. The predicted molar refractivity (Wildman–Crippen MR) is 450 cm³/mol. The molecule has 2 aliphatic heterocycles. The van der Waals surface area contributed by atoms with E-state index in [9.17, 15) is 82.8 Å². The van der Waals surface area contributed by atoms with Crippen molar-refractivity contribution < 1.29 is 101 Å². The van der Waals surface area contributed by atoms with E-state index in [1.54, 1.807) is 17.3 Å². The Kier molecular flexibility index (Phi) is 36.8. The molecule has 662 valence electrons. The molecule has 5 aliphatic carbocycles. The highest BCUT2D eigenvalue weighted by atomic mass is 16.6. The number of Topliss-reactive ketones (excluding diaryl/α,β-unsaturated/α-hetero) is 4. The summed E-state index contributed by atoms with van der Waals surface area (Å²) in [5, 5.41) is 55.7. The van der Waals surface area contributed by atoms with Gasteiger partial charge in [-0.15, -0.1) is 5.53 Å². The number of alkyl carbamates (subject to hydrolysis) is 1. The standard InChI is InChI=1S/C91H126N8O22/c1-55(2)13-10-14-56(3)73-29-30-74-67-24-18-59-48-65(23-28-66(59)71(67)47-57(4)91(73,74)6)120-90(116)94-39-34-83(107)93-38-35-84(108)95-75(31-33-86(111)112)79(105)50-61(20-32-85(109)110)88(113)96-76(78(104)16-12-41-117-43-45-119-46-44-118-42-36-58(5)100)51-62-54-99(98-97-62)40-9-7-8-17-82(106)92-37-11-15-77(103)60-19-25-68(72(49-60)89(114)115)87-69-26-21-63(101)52-80(69)121-81-53-64(102)22-27-70(81)87/h18-19,21-22,25-27,49,52-57,61,65-67,71,73-76,97-98,101H,7-17,20,23-24,28-48,50-51H2,1-6H3,(H,92,106)(H,93,107)(H,94,116)(H,95,108)(H,96,113)(H,109,110)(H,111,112)(H,114,115)/t56-,57?,61-,65+,66?,67+,71?,73?,74?,75+,76+,91?/m1/s1. The number of allylic oxidation sites excluding steroid dienone is 1. The van der Waals surface area contributed by atoms with Crippen LogP contribution in [0.3, 0.4) is 0 Å². The number of hydrogen-bond acceptors (Lipinski definition) is 22. The van der Waals surface area contributed by atoms with E-state index in [-0.39, 0.29) is 186 Å². The van der Waals surface area contributed by atoms with Gasteiger partial charge in [0.15, 0.2) is 22.8 Å². The van der Waals surface area contributed by atoms with Gasteiger partial charge in [-0.25, -0.2) is 9.59 Å². The number of aromatic carboxylic acids is 1. The van der Waals surface area contributed by atoms with Crippen molar-refractivity contribution in [1.29, 1.82) is 0 Å². The van der Waals surface area contributed by atoms with Crippen LogP contribution in [0.1, 0.15) is 236 Å². The molecule has 12 atom stereocenters. The Morgan fingerprint density at radius 1 is 0.645 bits per heavy atom. The summed E-state index contributed by atoms with van der Waals surface area (Å²) in [4.78, 5) is 169. The van der Waals surface area contributed by atoms with Crippen molar-refractivity contribution in [2.24, 2.45) is 58.7 Å². The van der Waals surface area contributed by atoms with Crippen molar-refractivity contribution in [1.82, 2.24) is 42.6 Å². The number of amides is 5. The van der Waals surface area contributed by atoms with E-state index in [1.165, 1.54) is 99.6 Å². The number of carboxylic acid groups (broad SMARTS) is 3. The van der Waals surface area contributed by atoms with Gasteiger partial charge in [-0.3, -0.25) is 57.7 Å². The summed E-state index contributed by atoms with van der Waals surface area (Å²) in [5.74, 6) is -3.44. The van der Waals surface area contributed by atoms with Crippen LogP contribution in [0.25, 0.3) is 33.4 Å². The molecule has 7 aliphatic rings. The quantitative estimate of drug-likeness (QED) is 0.00846. The first kappa shape index (κ1) is 94.9. The molecule has 11 N–H and O–H groups in total. The van der Waals surface area contributed by atoms with Crippen molar-refractivity contribution in [3.8, 4) is 28.2 Å². The Morgan fingerprint density at radius 3 is 2.10 bits per heavy atom. The SMILES string of the molecule is CC(=O)CCOCCOCCOCCCC(=O)[C@H](CC1=CN(CCCCCC(=O)NCCCC(=O)c2ccc(-c3c4ccc(=O)cc-4oc4cc(O)ccc34)c(C(=O)O)c2)NN1)NC(=O)[C@H](CCC(=O)O)CC(=O)[C@H](CCC(=O)O)NC(=O)CCNC(=O)CCNC(=O)O[C@H]1CCC2C(=CC[C@H]3C2CC(C)C2(C)C3CCC2[C@H](C)CCCC(C)C)C1. The third-order valence-electron chi connectivity index (χ3n) is 25.2. The molecule has 3 fully saturated rings. The van der Waals surface area contributed by atoms with Gasteiger partial charge in [-0.05, 0) is 173 Å². The van der Waals surface area contributed by atoms with Gasteiger partial charge in [0.2, 0.25) is 23.6 Å². The van der Waals surface area contributed by atoms with Crippen molar-refractivity contribution in [3.05, 3.63) is 99.5 Å². The topological polar surface area (TPSA) is 440 Å². The minimum absolute atomic E-state index is 0.00725. The molecule has 2 aromatic carbocycles. The van der Waals surface area contributed by atoms with Crippen molar-refractivity contribution in [2.45, 2.75) is 233 Å². The lowest BCUT2D eigenvalue weighted by atomic mass is 9.48. The number of carbonyl (C=O) groups is 12. The zero-order valence-electron chi connectivity index (χ0n) is 71.0. The smallest absolute Gasteiger partial charge is 0.407 e. The van der Waals surface area contributed by atoms with Crippen molar-refractivity contribution in [2.75, 3.05) is 65.8 Å². The second kappa shape index (κ2) is 46.9. The maximum atomic E-state index is 14.4. The molecule has 30 nitrogen and oxygen atoms in total. The van der Waals surface area contributed by atoms with Crippen LogP contribution in [0.4, 0.5) is 4.79 Å². The van der Waals surface area contributed by atoms with Gasteiger partial charge in [0.1, 0.15) is 29.0 Å². The summed E-state index contributed by atoms with van der Waals surface area (Å²) in [5.41, 5.74) is 9.32. The number of carbonyl (C=O) groups excluding carboxylic acids is 9. The lowest BCUT2D eigenvalue weighted by Crippen LogP contribution is -2.51. The number of ketones is 4. The lowest BCUT2D eigenvalue weighted by Gasteiger charge is -2.57. The third kappa shape index (κ3) is 28.3. The van der Waals surface area contributed by atoms with E-state index in [0.29, 0.717) is 89.9 Å². The van der Waals surface area contributed by atoms with Gasteiger partial charge in [0.25, 0.3) is 0 Å². The average molecular weight is 1680 g/mol. The molecule has 0 saturated heterocycles. The second-order valence-electron chi connectivity index (χ2n) is 34.3. The number of phenols is 1. The average Bonchev–Trinajstić information content (AvgIpc) is 1.60. The summed E-state index contributed by atoms with van der Waals surface area (Å²) in [6.45, 7) is 15.6. The van der Waals surface area contributed by atoms with Crippen molar-refractivity contribution in [3.63, 3.8) is 0 Å². The van der Waals surface area contributed by atoms with Crippen LogP contribution in [0, 0.1) is 58.7 Å². The van der Waals surface area contributed by atoms with E-state index in [2.05, 4.69) is 78.2 Å². The zero-order valence-corrected chi connectivity index (χ0v) is 71.0. The van der Waals surface area contributed by atoms with Crippen LogP contribution in [0.15, 0.2) is 87.4 Å². The minimum atomic E-state index is -1.44. The molecular formula is C91H126N8O22. The lowest BCUT2D eigenvalue weighted by molar-refractivity contribution is -0.140. The molecule has 0 radical (unpaired) electrons. The Bertz CT molecular complexity index is 4370. The first-order chi connectivity index (χ1) is 57.9. The van der Waals surface area contributed by atoms with Gasteiger partial charge < -0.3 is 75.8 Å². The molecule has 0 spiro atoms. The van der Waals surface area contributed by atoms with Gasteiger partial charge in [0.05, 0.1) is 50.7 Å². The van der Waals surface area contributed by atoms with Gasteiger partial charge in [0, 0.05) is 155 Å². The fourth-order valence-electron chi connectivity index (χ4n) is 18.8. The molecule has 0 aromatic heterocycles. The number of fused-ring (bicyclic) bond motifs is 7. The second-order valence-corrected chi connectivity index (χ2v) is 34.3. The molecule has 3 saturated carbocycles. The number of hydrazine groups is 2. The number of carboxylic acids is 3.